The smallest absolute Gasteiger partial charge is 0.338 e. The Balaban J connectivity index is 2.03. The number of nitro benzene ring substituents is 1. The van der Waals surface area contributed by atoms with Gasteiger partial charge >= 0.3 is 5.97 Å². The highest BCUT2D eigenvalue weighted by Crippen LogP contribution is 2.26. The van der Waals surface area contributed by atoms with Gasteiger partial charge in [-0.1, -0.05) is 30.3 Å². The summed E-state index contributed by atoms with van der Waals surface area (Å²) >= 11 is 0. The summed E-state index contributed by atoms with van der Waals surface area (Å²) in [6.07, 6.45) is 0.166. The lowest BCUT2D eigenvalue weighted by molar-refractivity contribution is -0.384. The normalized spacial score (nSPS) is 9.93. The molecule has 1 N–H and O–H groups in total. The van der Waals surface area contributed by atoms with E-state index in [4.69, 9.17) is 10.00 Å². The molecule has 0 aliphatic carbocycles. The first-order valence-corrected chi connectivity index (χ1v) is 8.76. The van der Waals surface area contributed by atoms with E-state index in [2.05, 4.69) is 5.32 Å². The number of hydrogen-bond donors (Lipinski definition) is 1. The first-order valence-electron chi connectivity index (χ1n) is 8.76. The summed E-state index contributed by atoms with van der Waals surface area (Å²) in [6, 6.07) is 15.2. The molecule has 1 amide bonds. The molecule has 2 aromatic carbocycles. The van der Waals surface area contributed by atoms with E-state index < -0.39 is 23.4 Å². The first kappa shape index (κ1) is 21.4. The molecule has 2 rings (SSSR count). The van der Waals surface area contributed by atoms with Crippen LogP contribution in [0.3, 0.4) is 0 Å². The molecule has 29 heavy (non-hydrogen) atoms. The van der Waals surface area contributed by atoms with Crippen LogP contribution in [-0.4, -0.2) is 41.9 Å². The molecule has 0 aliphatic heterocycles. The van der Waals surface area contributed by atoms with Gasteiger partial charge in [-0.05, 0) is 17.7 Å². The summed E-state index contributed by atoms with van der Waals surface area (Å²) in [5.74, 6) is -1.31. The van der Waals surface area contributed by atoms with Crippen molar-refractivity contribution in [3.05, 3.63) is 69.8 Å². The van der Waals surface area contributed by atoms with Gasteiger partial charge in [0, 0.05) is 26.2 Å². The summed E-state index contributed by atoms with van der Waals surface area (Å²) in [4.78, 5) is 36.1. The SMILES string of the molecule is CN(CCC#N)C(=O)COC(=O)c1ccc(NCc2ccccc2)c([N+](=O)[O-])c1. The average molecular weight is 396 g/mol. The summed E-state index contributed by atoms with van der Waals surface area (Å²) in [7, 11) is 1.49. The Labute approximate surface area is 167 Å². The summed E-state index contributed by atoms with van der Waals surface area (Å²) in [5, 5.41) is 22.9. The molecule has 0 atom stereocenters. The fourth-order valence-electron chi connectivity index (χ4n) is 2.42. The molecule has 0 fully saturated rings. The topological polar surface area (TPSA) is 126 Å². The minimum Gasteiger partial charge on any atom is -0.452 e. The van der Waals surface area contributed by atoms with Gasteiger partial charge in [0.15, 0.2) is 6.61 Å². The molecular formula is C20H20N4O5. The summed E-state index contributed by atoms with van der Waals surface area (Å²) in [6.45, 7) is 0.0950. The third-order valence-electron chi connectivity index (χ3n) is 4.07. The predicted molar refractivity (Wildman–Crippen MR) is 105 cm³/mol. The number of ether oxygens (including phenoxy) is 1. The maximum Gasteiger partial charge on any atom is 0.338 e. The highest BCUT2D eigenvalue weighted by atomic mass is 16.6. The van der Waals surface area contributed by atoms with Crippen molar-refractivity contribution in [2.45, 2.75) is 13.0 Å². The molecule has 150 valence electrons. The van der Waals surface area contributed by atoms with E-state index in [1.54, 1.807) is 0 Å². The van der Waals surface area contributed by atoms with Gasteiger partial charge in [-0.3, -0.25) is 14.9 Å². The van der Waals surface area contributed by atoms with Crippen LogP contribution in [0.25, 0.3) is 0 Å². The summed E-state index contributed by atoms with van der Waals surface area (Å²) < 4.78 is 4.94. The zero-order chi connectivity index (χ0) is 21.2. The van der Waals surface area contributed by atoms with Crippen LogP contribution in [0.1, 0.15) is 22.3 Å². The van der Waals surface area contributed by atoms with E-state index in [0.29, 0.717) is 6.54 Å². The van der Waals surface area contributed by atoms with Crippen molar-refractivity contribution in [2.75, 3.05) is 25.5 Å². The van der Waals surface area contributed by atoms with Crippen molar-refractivity contribution in [3.63, 3.8) is 0 Å². The first-order chi connectivity index (χ1) is 13.9. The fraction of sp³-hybridized carbons (Fsp3) is 0.250. The zero-order valence-electron chi connectivity index (χ0n) is 15.8. The van der Waals surface area contributed by atoms with E-state index in [0.717, 1.165) is 11.6 Å². The number of anilines is 1. The number of amides is 1. The van der Waals surface area contributed by atoms with Crippen LogP contribution in [0.2, 0.25) is 0 Å². The summed E-state index contributed by atoms with van der Waals surface area (Å²) in [5.41, 5.74) is 0.911. The van der Waals surface area contributed by atoms with Gasteiger partial charge in [-0.25, -0.2) is 4.79 Å². The molecular weight excluding hydrogens is 376 g/mol. The van der Waals surface area contributed by atoms with Gasteiger partial charge < -0.3 is 15.0 Å². The second-order valence-corrected chi connectivity index (χ2v) is 6.13. The number of nitro groups is 1. The number of rotatable bonds is 9. The van der Waals surface area contributed by atoms with Crippen molar-refractivity contribution in [2.24, 2.45) is 0 Å². The lowest BCUT2D eigenvalue weighted by atomic mass is 10.1. The Morgan fingerprint density at radius 3 is 2.62 bits per heavy atom. The number of benzene rings is 2. The van der Waals surface area contributed by atoms with Gasteiger partial charge in [0.05, 0.1) is 23.0 Å². The monoisotopic (exact) mass is 396 g/mol. The van der Waals surface area contributed by atoms with Crippen LogP contribution in [0, 0.1) is 21.4 Å². The molecule has 0 bridgehead atoms. The molecule has 0 aromatic heterocycles. The number of carbonyl (C=O) groups excluding carboxylic acids is 2. The molecule has 0 saturated carbocycles. The number of nitrogens with zero attached hydrogens (tertiary/aromatic N) is 3. The Morgan fingerprint density at radius 2 is 1.97 bits per heavy atom. The standard InChI is InChI=1S/C20H20N4O5/c1-23(11-5-10-21)19(25)14-29-20(26)16-8-9-17(18(12-16)24(27)28)22-13-15-6-3-2-4-7-15/h2-4,6-9,12,22H,5,11,13-14H2,1H3. The number of likely N-dealkylation sites (N-methyl/N-ethyl adjacent to an activating group) is 1. The largest absolute Gasteiger partial charge is 0.452 e. The van der Waals surface area contributed by atoms with E-state index in [9.17, 15) is 19.7 Å². The van der Waals surface area contributed by atoms with E-state index in [1.807, 2.05) is 36.4 Å². The van der Waals surface area contributed by atoms with Crippen LogP contribution >= 0.6 is 0 Å². The van der Waals surface area contributed by atoms with E-state index >= 15 is 0 Å². The predicted octanol–water partition coefficient (Wildman–Crippen LogP) is 2.74. The molecule has 0 saturated heterocycles. The van der Waals surface area contributed by atoms with Gasteiger partial charge in [-0.15, -0.1) is 0 Å². The van der Waals surface area contributed by atoms with Crippen molar-refractivity contribution in [3.8, 4) is 6.07 Å². The quantitative estimate of drug-likeness (QED) is 0.392. The second-order valence-electron chi connectivity index (χ2n) is 6.13. The number of hydrogen-bond acceptors (Lipinski definition) is 7. The maximum atomic E-state index is 12.2. The van der Waals surface area contributed by atoms with Crippen LogP contribution in [0.15, 0.2) is 48.5 Å². The van der Waals surface area contributed by atoms with Gasteiger partial charge in [-0.2, -0.15) is 5.26 Å². The zero-order valence-corrected chi connectivity index (χ0v) is 15.8. The minimum absolute atomic E-state index is 0.0329. The van der Waals surface area contributed by atoms with Crippen LogP contribution in [-0.2, 0) is 16.1 Å². The fourth-order valence-corrected chi connectivity index (χ4v) is 2.42. The number of esters is 1. The van der Waals surface area contributed by atoms with Crippen LogP contribution in [0.4, 0.5) is 11.4 Å². The van der Waals surface area contributed by atoms with E-state index in [1.165, 1.54) is 24.1 Å². The average Bonchev–Trinajstić information content (AvgIpc) is 2.74. The maximum absolute atomic E-state index is 12.2. The molecule has 0 aliphatic rings. The molecule has 0 radical (unpaired) electrons. The van der Waals surface area contributed by atoms with Crippen molar-refractivity contribution in [1.29, 1.82) is 5.26 Å². The molecule has 0 unspecified atom stereocenters. The molecule has 0 heterocycles. The third-order valence-corrected chi connectivity index (χ3v) is 4.07. The lowest BCUT2D eigenvalue weighted by Crippen LogP contribution is -2.31. The van der Waals surface area contributed by atoms with Crippen molar-refractivity contribution in [1.82, 2.24) is 4.90 Å². The van der Waals surface area contributed by atoms with Crippen LogP contribution < -0.4 is 5.32 Å². The lowest BCUT2D eigenvalue weighted by Gasteiger charge is -2.15. The highest BCUT2D eigenvalue weighted by molar-refractivity contribution is 5.93. The Bertz CT molecular complexity index is 924. The van der Waals surface area contributed by atoms with Crippen LogP contribution in [0.5, 0.6) is 0 Å². The molecule has 9 heteroatoms. The van der Waals surface area contributed by atoms with Gasteiger partial charge in [0.1, 0.15) is 5.69 Å². The Morgan fingerprint density at radius 1 is 1.24 bits per heavy atom. The number of nitriles is 1. The van der Waals surface area contributed by atoms with E-state index in [-0.39, 0.29) is 29.9 Å². The van der Waals surface area contributed by atoms with Crippen molar-refractivity contribution >= 4 is 23.3 Å². The van der Waals surface area contributed by atoms with Crippen molar-refractivity contribution < 1.29 is 19.2 Å². The molecule has 9 nitrogen and oxygen atoms in total. The molecule has 2 aromatic rings. The number of nitrogens with one attached hydrogen (secondary N) is 1. The molecule has 0 spiro atoms. The second kappa shape index (κ2) is 10.4. The van der Waals surface area contributed by atoms with Gasteiger partial charge in [0.2, 0.25) is 0 Å². The number of carbonyl (C=O) groups is 2. The highest BCUT2D eigenvalue weighted by Gasteiger charge is 2.19. The third kappa shape index (κ3) is 6.32. The minimum atomic E-state index is -0.843. The van der Waals surface area contributed by atoms with Gasteiger partial charge in [0.25, 0.3) is 11.6 Å². The Hall–Kier alpha value is -3.93. The Kier molecular flexibility index (Phi) is 7.68.